The zero-order valence-corrected chi connectivity index (χ0v) is 13.4. The van der Waals surface area contributed by atoms with E-state index in [9.17, 15) is 0 Å². The van der Waals surface area contributed by atoms with Gasteiger partial charge in [0.05, 0.1) is 5.60 Å². The molecule has 0 saturated carbocycles. The van der Waals surface area contributed by atoms with E-state index in [1.54, 1.807) is 0 Å². The maximum absolute atomic E-state index is 6.71. The molecule has 1 fully saturated rings. The van der Waals surface area contributed by atoms with E-state index in [1.165, 1.54) is 22.3 Å². The molecule has 2 aromatic rings. The van der Waals surface area contributed by atoms with E-state index in [2.05, 4.69) is 67.4 Å². The predicted octanol–water partition coefficient (Wildman–Crippen LogP) is 4.04. The van der Waals surface area contributed by atoms with Gasteiger partial charge in [-0.25, -0.2) is 0 Å². The Bertz CT molecular complexity index is 668. The Labute approximate surface area is 132 Å². The van der Waals surface area contributed by atoms with Gasteiger partial charge in [0, 0.05) is 13.1 Å². The minimum atomic E-state index is -0.0847. The zero-order valence-electron chi connectivity index (χ0n) is 13.4. The molecule has 2 heterocycles. The van der Waals surface area contributed by atoms with Gasteiger partial charge in [-0.2, -0.15) is 0 Å². The summed E-state index contributed by atoms with van der Waals surface area (Å²) in [5, 5.41) is 0. The number of fused-ring (bicyclic) bond motifs is 2. The van der Waals surface area contributed by atoms with Gasteiger partial charge in [0.1, 0.15) is 6.10 Å². The standard InChI is InChI=1S/C20H23NO/c1-15-7-9-16(10-8-15)19-17-5-3-4-6-18(17)20(22-19)11-13-21(2)14-12-20/h3-10,19H,11-14H2,1-2H3/t19-/m1/s1. The summed E-state index contributed by atoms with van der Waals surface area (Å²) >= 11 is 0. The van der Waals surface area contributed by atoms with Crippen molar-refractivity contribution in [1.82, 2.24) is 4.90 Å². The monoisotopic (exact) mass is 293 g/mol. The average Bonchev–Trinajstić information content (AvgIpc) is 2.87. The molecule has 2 heteroatoms. The second kappa shape index (κ2) is 5.22. The number of likely N-dealkylation sites (tertiary alicyclic amines) is 1. The van der Waals surface area contributed by atoms with E-state index in [4.69, 9.17) is 4.74 Å². The third-order valence-corrected chi connectivity index (χ3v) is 5.25. The molecule has 0 unspecified atom stereocenters. The highest BCUT2D eigenvalue weighted by molar-refractivity contribution is 5.44. The second-order valence-electron chi connectivity index (χ2n) is 6.79. The van der Waals surface area contributed by atoms with Crippen LogP contribution in [0.25, 0.3) is 0 Å². The van der Waals surface area contributed by atoms with E-state index in [0.29, 0.717) is 0 Å². The van der Waals surface area contributed by atoms with Crippen molar-refractivity contribution in [2.24, 2.45) is 0 Å². The smallest absolute Gasteiger partial charge is 0.109 e. The van der Waals surface area contributed by atoms with Crippen molar-refractivity contribution in [3.05, 3.63) is 70.8 Å². The summed E-state index contributed by atoms with van der Waals surface area (Å²) < 4.78 is 6.71. The van der Waals surface area contributed by atoms with Gasteiger partial charge in [-0.05, 0) is 43.5 Å². The topological polar surface area (TPSA) is 12.5 Å². The van der Waals surface area contributed by atoms with Gasteiger partial charge in [0.15, 0.2) is 0 Å². The third-order valence-electron chi connectivity index (χ3n) is 5.25. The molecule has 0 bridgehead atoms. The number of ether oxygens (including phenoxy) is 1. The summed E-state index contributed by atoms with van der Waals surface area (Å²) in [4.78, 5) is 2.40. The fraction of sp³-hybridized carbons (Fsp3) is 0.400. The largest absolute Gasteiger partial charge is 0.358 e. The van der Waals surface area contributed by atoms with Crippen molar-refractivity contribution < 1.29 is 4.74 Å². The molecule has 0 amide bonds. The SMILES string of the molecule is Cc1ccc([C@H]2OC3(CCN(C)CC3)c3ccccc32)cc1. The van der Waals surface area contributed by atoms with Gasteiger partial charge < -0.3 is 9.64 Å². The van der Waals surface area contributed by atoms with Crippen molar-refractivity contribution in [1.29, 1.82) is 0 Å². The molecule has 1 atom stereocenters. The lowest BCUT2D eigenvalue weighted by molar-refractivity contribution is -0.0941. The first-order chi connectivity index (χ1) is 10.7. The molecule has 2 aliphatic rings. The van der Waals surface area contributed by atoms with Crippen LogP contribution in [-0.4, -0.2) is 25.0 Å². The van der Waals surface area contributed by atoms with E-state index < -0.39 is 0 Å². The van der Waals surface area contributed by atoms with Crippen LogP contribution in [0.4, 0.5) is 0 Å². The third kappa shape index (κ3) is 2.18. The molecular formula is C20H23NO. The Hall–Kier alpha value is -1.64. The van der Waals surface area contributed by atoms with E-state index in [1.807, 2.05) is 0 Å². The van der Waals surface area contributed by atoms with Crippen LogP contribution in [-0.2, 0) is 10.3 Å². The van der Waals surface area contributed by atoms with Crippen molar-refractivity contribution in [3.8, 4) is 0 Å². The summed E-state index contributed by atoms with van der Waals surface area (Å²) in [6.45, 7) is 4.34. The van der Waals surface area contributed by atoms with Gasteiger partial charge in [-0.3, -0.25) is 0 Å². The van der Waals surface area contributed by atoms with Crippen LogP contribution in [0.5, 0.6) is 0 Å². The molecule has 22 heavy (non-hydrogen) atoms. The van der Waals surface area contributed by atoms with Crippen molar-refractivity contribution in [2.75, 3.05) is 20.1 Å². The van der Waals surface area contributed by atoms with Crippen molar-refractivity contribution in [3.63, 3.8) is 0 Å². The molecule has 0 radical (unpaired) electrons. The number of rotatable bonds is 1. The Morgan fingerprint density at radius 1 is 1.00 bits per heavy atom. The van der Waals surface area contributed by atoms with Crippen LogP contribution in [0.3, 0.4) is 0 Å². The maximum Gasteiger partial charge on any atom is 0.109 e. The highest BCUT2D eigenvalue weighted by Crippen LogP contribution is 2.51. The molecule has 0 N–H and O–H groups in total. The maximum atomic E-state index is 6.71. The summed E-state index contributed by atoms with van der Waals surface area (Å²) in [6.07, 6.45) is 2.26. The molecule has 0 aliphatic carbocycles. The summed E-state index contributed by atoms with van der Waals surface area (Å²) in [5.41, 5.74) is 5.25. The Kier molecular flexibility index (Phi) is 3.32. The first-order valence-corrected chi connectivity index (χ1v) is 8.20. The normalized spacial score (nSPS) is 23.6. The minimum Gasteiger partial charge on any atom is -0.358 e. The highest BCUT2D eigenvalue weighted by Gasteiger charge is 2.46. The predicted molar refractivity (Wildman–Crippen MR) is 89.0 cm³/mol. The fourth-order valence-corrected chi connectivity index (χ4v) is 3.85. The fourth-order valence-electron chi connectivity index (χ4n) is 3.85. The zero-order chi connectivity index (χ0) is 15.2. The minimum absolute atomic E-state index is 0.0835. The number of aryl methyl sites for hydroxylation is 1. The van der Waals surface area contributed by atoms with Gasteiger partial charge in [-0.15, -0.1) is 0 Å². The molecule has 1 spiro atoms. The van der Waals surface area contributed by atoms with Crippen LogP contribution in [0.2, 0.25) is 0 Å². The van der Waals surface area contributed by atoms with Crippen LogP contribution in [0, 0.1) is 6.92 Å². The average molecular weight is 293 g/mol. The van der Waals surface area contributed by atoms with Crippen molar-refractivity contribution in [2.45, 2.75) is 31.5 Å². The number of nitrogens with zero attached hydrogens (tertiary/aromatic N) is 1. The lowest BCUT2D eigenvalue weighted by Crippen LogP contribution is -2.40. The summed E-state index contributed by atoms with van der Waals surface area (Å²) in [6, 6.07) is 17.6. The molecule has 2 aliphatic heterocycles. The van der Waals surface area contributed by atoms with Crippen LogP contribution < -0.4 is 0 Å². The Morgan fingerprint density at radius 2 is 1.68 bits per heavy atom. The quantitative estimate of drug-likeness (QED) is 0.787. The summed E-state index contributed by atoms with van der Waals surface area (Å²) in [5.74, 6) is 0. The van der Waals surface area contributed by atoms with E-state index in [-0.39, 0.29) is 11.7 Å². The first-order valence-electron chi connectivity index (χ1n) is 8.20. The number of hydrogen-bond donors (Lipinski definition) is 0. The molecule has 0 aromatic heterocycles. The van der Waals surface area contributed by atoms with E-state index in [0.717, 1.165) is 25.9 Å². The van der Waals surface area contributed by atoms with Gasteiger partial charge in [-0.1, -0.05) is 54.1 Å². The number of benzene rings is 2. The highest BCUT2D eigenvalue weighted by atomic mass is 16.5. The van der Waals surface area contributed by atoms with E-state index >= 15 is 0 Å². The second-order valence-corrected chi connectivity index (χ2v) is 6.79. The molecule has 4 rings (SSSR count). The number of hydrogen-bond acceptors (Lipinski definition) is 2. The van der Waals surface area contributed by atoms with Gasteiger partial charge >= 0.3 is 0 Å². The summed E-state index contributed by atoms with van der Waals surface area (Å²) in [7, 11) is 2.20. The Morgan fingerprint density at radius 3 is 2.41 bits per heavy atom. The molecule has 114 valence electrons. The molecule has 2 nitrogen and oxygen atoms in total. The molecule has 2 aromatic carbocycles. The van der Waals surface area contributed by atoms with Crippen molar-refractivity contribution >= 4 is 0 Å². The molecule has 1 saturated heterocycles. The van der Waals surface area contributed by atoms with Crippen LogP contribution >= 0.6 is 0 Å². The lowest BCUT2D eigenvalue weighted by Gasteiger charge is -2.38. The molecular weight excluding hydrogens is 270 g/mol. The first kappa shape index (κ1) is 14.0. The van der Waals surface area contributed by atoms with Gasteiger partial charge in [0.25, 0.3) is 0 Å². The number of piperidine rings is 1. The Balaban J connectivity index is 1.75. The lowest BCUT2D eigenvalue weighted by atomic mass is 9.83. The van der Waals surface area contributed by atoms with Crippen LogP contribution in [0.1, 0.15) is 41.2 Å². The van der Waals surface area contributed by atoms with Crippen LogP contribution in [0.15, 0.2) is 48.5 Å². The van der Waals surface area contributed by atoms with Gasteiger partial charge in [0.2, 0.25) is 0 Å².